The Kier molecular flexibility index (Phi) is 5.65. The molecule has 1 aromatic heterocycles. The molecule has 0 N–H and O–H groups in total. The smallest absolute Gasteiger partial charge is 0.268 e. The number of halogens is 2. The van der Waals surface area contributed by atoms with Gasteiger partial charge in [-0.2, -0.15) is 0 Å². The molecular weight excluding hydrogens is 424 g/mol. The molecule has 0 amide bonds. The van der Waals surface area contributed by atoms with Crippen LogP contribution < -0.4 is 9.64 Å². The third-order valence-electron chi connectivity index (χ3n) is 5.74. The molecule has 0 aliphatic carbocycles. The van der Waals surface area contributed by atoms with E-state index in [4.69, 9.17) is 4.74 Å². The highest BCUT2D eigenvalue weighted by atomic mass is 32.2. The number of aromatic nitrogens is 1. The van der Waals surface area contributed by atoms with Crippen LogP contribution in [0.25, 0.3) is 10.9 Å². The molecule has 31 heavy (non-hydrogen) atoms. The molecule has 1 aliphatic rings. The molecule has 6 nitrogen and oxygen atoms in total. The van der Waals surface area contributed by atoms with Crippen LogP contribution in [-0.4, -0.2) is 57.6 Å². The van der Waals surface area contributed by atoms with E-state index in [9.17, 15) is 17.2 Å². The summed E-state index contributed by atoms with van der Waals surface area (Å²) in [6, 6.07) is 9.50. The highest BCUT2D eigenvalue weighted by Gasteiger charge is 2.27. The van der Waals surface area contributed by atoms with Crippen LogP contribution in [0.4, 0.5) is 14.5 Å². The van der Waals surface area contributed by atoms with Crippen molar-refractivity contribution in [3.8, 4) is 5.75 Å². The van der Waals surface area contributed by atoms with Gasteiger partial charge in [-0.3, -0.25) is 0 Å². The Morgan fingerprint density at radius 3 is 2.39 bits per heavy atom. The van der Waals surface area contributed by atoms with Crippen molar-refractivity contribution in [2.45, 2.75) is 18.2 Å². The van der Waals surface area contributed by atoms with Crippen LogP contribution >= 0.6 is 0 Å². The lowest BCUT2D eigenvalue weighted by atomic mass is 10.1. The number of alkyl halides is 2. The Balaban J connectivity index is 1.85. The molecule has 1 fully saturated rings. The summed E-state index contributed by atoms with van der Waals surface area (Å²) in [4.78, 5) is 4.31. The largest absolute Gasteiger partial charge is 0.495 e. The second kappa shape index (κ2) is 8.12. The topological polar surface area (TPSA) is 54.8 Å². The average molecular weight is 450 g/mol. The third kappa shape index (κ3) is 3.87. The summed E-state index contributed by atoms with van der Waals surface area (Å²) in [6.07, 6.45) is -1.75. The van der Waals surface area contributed by atoms with E-state index in [0.717, 1.165) is 41.9 Å². The number of piperazine rings is 1. The van der Waals surface area contributed by atoms with Crippen molar-refractivity contribution in [2.24, 2.45) is 0 Å². The number of anilines is 1. The van der Waals surface area contributed by atoms with Crippen LogP contribution in [-0.2, 0) is 10.0 Å². The van der Waals surface area contributed by atoms with E-state index in [0.29, 0.717) is 11.4 Å². The van der Waals surface area contributed by atoms with E-state index < -0.39 is 16.4 Å². The van der Waals surface area contributed by atoms with Crippen LogP contribution in [0.2, 0.25) is 0 Å². The van der Waals surface area contributed by atoms with Gasteiger partial charge in [0.25, 0.3) is 16.4 Å². The maximum absolute atomic E-state index is 13.6. The number of methoxy groups -OCH3 is 1. The van der Waals surface area contributed by atoms with Crippen LogP contribution in [0.3, 0.4) is 0 Å². The minimum atomic E-state index is -4.10. The molecule has 0 spiro atoms. The van der Waals surface area contributed by atoms with Gasteiger partial charge < -0.3 is 14.5 Å². The second-order valence-corrected chi connectivity index (χ2v) is 9.65. The van der Waals surface area contributed by atoms with Crippen LogP contribution in [0.1, 0.15) is 17.6 Å². The highest BCUT2D eigenvalue weighted by molar-refractivity contribution is 7.90. The van der Waals surface area contributed by atoms with E-state index in [1.807, 2.05) is 7.05 Å². The van der Waals surface area contributed by atoms with Crippen LogP contribution in [0.5, 0.6) is 5.75 Å². The van der Waals surface area contributed by atoms with Crippen molar-refractivity contribution in [1.29, 1.82) is 0 Å². The van der Waals surface area contributed by atoms with E-state index >= 15 is 0 Å². The predicted molar refractivity (Wildman–Crippen MR) is 117 cm³/mol. The quantitative estimate of drug-likeness (QED) is 0.592. The summed E-state index contributed by atoms with van der Waals surface area (Å²) in [5.74, 6) is 0.574. The van der Waals surface area contributed by atoms with Gasteiger partial charge in [-0.1, -0.05) is 12.1 Å². The first-order valence-electron chi connectivity index (χ1n) is 9.99. The van der Waals surface area contributed by atoms with Gasteiger partial charge in [-0.15, -0.1) is 0 Å². The van der Waals surface area contributed by atoms with E-state index in [2.05, 4.69) is 9.80 Å². The number of benzene rings is 2. The fourth-order valence-electron chi connectivity index (χ4n) is 3.94. The van der Waals surface area contributed by atoms with E-state index in [-0.39, 0.29) is 21.4 Å². The standard InChI is InChI=1S/C22H25F2N3O3S/c1-15-4-6-17-18(22(23)24)14-27(19(17)12-15)31(28,29)16-5-7-21(30-3)20(13-16)26-10-8-25(2)9-11-26/h4-7,12-14,22H,8-11H2,1-3H3. The SMILES string of the molecule is COc1ccc(S(=O)(=O)n2cc(C(F)F)c3ccc(C)cc32)cc1N1CCN(C)CC1. The number of hydrogen-bond donors (Lipinski definition) is 0. The van der Waals surface area contributed by atoms with Gasteiger partial charge in [-0.25, -0.2) is 21.2 Å². The summed E-state index contributed by atoms with van der Waals surface area (Å²) in [7, 11) is -0.522. The van der Waals surface area contributed by atoms with E-state index in [1.54, 1.807) is 44.4 Å². The van der Waals surface area contributed by atoms with Crippen molar-refractivity contribution in [2.75, 3.05) is 45.2 Å². The Labute approximate surface area is 180 Å². The summed E-state index contributed by atoms with van der Waals surface area (Å²) in [5.41, 5.74) is 1.41. The molecule has 1 saturated heterocycles. The predicted octanol–water partition coefficient (Wildman–Crippen LogP) is 3.88. The number of fused-ring (bicyclic) bond motifs is 1. The van der Waals surface area contributed by atoms with Crippen LogP contribution in [0, 0.1) is 6.92 Å². The molecule has 3 aromatic rings. The normalized spacial score (nSPS) is 15.7. The maximum Gasteiger partial charge on any atom is 0.268 e. The minimum Gasteiger partial charge on any atom is -0.495 e. The van der Waals surface area contributed by atoms with Gasteiger partial charge in [0.15, 0.2) is 0 Å². The molecule has 4 rings (SSSR count). The van der Waals surface area contributed by atoms with Gasteiger partial charge in [0.2, 0.25) is 0 Å². The number of aryl methyl sites for hydroxylation is 1. The molecule has 2 heterocycles. The van der Waals surface area contributed by atoms with Gasteiger partial charge in [-0.05, 0) is 43.8 Å². The monoisotopic (exact) mass is 449 g/mol. The Morgan fingerprint density at radius 1 is 1.03 bits per heavy atom. The van der Waals surface area contributed by atoms with Gasteiger partial charge >= 0.3 is 0 Å². The molecule has 2 aromatic carbocycles. The van der Waals surface area contributed by atoms with E-state index in [1.165, 1.54) is 6.07 Å². The molecule has 166 valence electrons. The molecule has 1 aliphatic heterocycles. The Morgan fingerprint density at radius 2 is 1.74 bits per heavy atom. The third-order valence-corrected chi connectivity index (χ3v) is 7.41. The lowest BCUT2D eigenvalue weighted by Gasteiger charge is -2.34. The maximum atomic E-state index is 13.6. The highest BCUT2D eigenvalue weighted by Crippen LogP contribution is 2.35. The fourth-order valence-corrected chi connectivity index (χ4v) is 5.33. The number of rotatable bonds is 5. The lowest BCUT2D eigenvalue weighted by molar-refractivity contribution is 0.153. The molecule has 0 radical (unpaired) electrons. The molecule has 0 atom stereocenters. The zero-order valence-corrected chi connectivity index (χ0v) is 18.5. The fraction of sp³-hybridized carbons (Fsp3) is 0.364. The Bertz CT molecular complexity index is 1220. The summed E-state index contributed by atoms with van der Waals surface area (Å²) < 4.78 is 60.7. The molecule has 9 heteroatoms. The van der Waals surface area contributed by atoms with Crippen LogP contribution in [0.15, 0.2) is 47.5 Å². The molecule has 0 bridgehead atoms. The zero-order valence-electron chi connectivity index (χ0n) is 17.7. The van der Waals surface area contributed by atoms with Gasteiger partial charge in [0, 0.05) is 43.3 Å². The zero-order chi connectivity index (χ0) is 22.3. The Hall–Kier alpha value is -2.65. The first-order chi connectivity index (χ1) is 14.7. The summed E-state index contributed by atoms with van der Waals surface area (Å²) >= 11 is 0. The van der Waals surface area contributed by atoms with Gasteiger partial charge in [0.1, 0.15) is 5.75 Å². The van der Waals surface area contributed by atoms with Crippen molar-refractivity contribution < 1.29 is 21.9 Å². The first-order valence-corrected chi connectivity index (χ1v) is 11.4. The molecular formula is C22H25F2N3O3S. The van der Waals surface area contributed by atoms with Crippen molar-refractivity contribution in [3.63, 3.8) is 0 Å². The number of hydrogen-bond acceptors (Lipinski definition) is 5. The molecule has 0 unspecified atom stereocenters. The number of ether oxygens (including phenoxy) is 1. The van der Waals surface area contributed by atoms with Crippen molar-refractivity contribution in [3.05, 3.63) is 53.7 Å². The lowest BCUT2D eigenvalue weighted by Crippen LogP contribution is -2.44. The second-order valence-electron chi connectivity index (χ2n) is 7.83. The number of nitrogens with zero attached hydrogens (tertiary/aromatic N) is 3. The van der Waals surface area contributed by atoms with Crippen molar-refractivity contribution in [1.82, 2.24) is 8.87 Å². The van der Waals surface area contributed by atoms with Gasteiger partial charge in [0.05, 0.1) is 23.2 Å². The minimum absolute atomic E-state index is 0.0291. The average Bonchev–Trinajstić information content (AvgIpc) is 3.13. The first kappa shape index (κ1) is 21.6. The van der Waals surface area contributed by atoms with Crippen molar-refractivity contribution >= 4 is 26.6 Å². The molecule has 0 saturated carbocycles. The number of likely N-dealkylation sites (N-methyl/N-ethyl adjacent to an activating group) is 1. The summed E-state index contributed by atoms with van der Waals surface area (Å²) in [5, 5.41) is 0.233. The summed E-state index contributed by atoms with van der Waals surface area (Å²) in [6.45, 7) is 4.96.